The van der Waals surface area contributed by atoms with Crippen LogP contribution in [0, 0.1) is 0 Å². The van der Waals surface area contributed by atoms with E-state index in [9.17, 15) is 4.79 Å². The molecule has 0 radical (unpaired) electrons. The first kappa shape index (κ1) is 50.1. The van der Waals surface area contributed by atoms with Crippen molar-refractivity contribution in [2.45, 2.75) is 64.2 Å². The van der Waals surface area contributed by atoms with Crippen LogP contribution in [0.1, 0.15) is 74.5 Å². The summed E-state index contributed by atoms with van der Waals surface area (Å²) in [6.07, 6.45) is 10.1. The highest BCUT2D eigenvalue weighted by Crippen LogP contribution is 2.44. The first-order chi connectivity index (χ1) is 30.2. The summed E-state index contributed by atoms with van der Waals surface area (Å²) in [5.41, 5.74) is 6.18. The van der Waals surface area contributed by atoms with Crippen LogP contribution in [0.4, 0.5) is 4.79 Å². The molecular formula is C49H73NO11. The maximum atomic E-state index is 12.6. The predicted octanol–water partition coefficient (Wildman–Crippen LogP) is 8.37. The van der Waals surface area contributed by atoms with E-state index in [1.54, 1.807) is 7.05 Å². The summed E-state index contributed by atoms with van der Waals surface area (Å²) in [5, 5.41) is 0. The molecule has 0 atom stereocenters. The Hall–Kier alpha value is -3.59. The van der Waals surface area contributed by atoms with Gasteiger partial charge in [0.1, 0.15) is 19.0 Å². The summed E-state index contributed by atoms with van der Waals surface area (Å²) < 4.78 is 56.0. The molecule has 340 valence electrons. The van der Waals surface area contributed by atoms with Crippen LogP contribution in [-0.4, -0.2) is 144 Å². The van der Waals surface area contributed by atoms with E-state index in [1.165, 1.54) is 77.7 Å². The van der Waals surface area contributed by atoms with Crippen molar-refractivity contribution in [1.82, 2.24) is 4.90 Å². The van der Waals surface area contributed by atoms with Crippen molar-refractivity contribution in [1.29, 1.82) is 0 Å². The molecule has 1 aliphatic carbocycles. The van der Waals surface area contributed by atoms with Gasteiger partial charge in [0.2, 0.25) is 0 Å². The van der Waals surface area contributed by atoms with Crippen LogP contribution in [0.3, 0.4) is 0 Å². The zero-order valence-electron chi connectivity index (χ0n) is 37.0. The molecular weight excluding hydrogens is 779 g/mol. The van der Waals surface area contributed by atoms with Gasteiger partial charge < -0.3 is 52.3 Å². The minimum absolute atomic E-state index is 0.0393. The lowest BCUT2D eigenvalue weighted by Gasteiger charge is -2.19. The summed E-state index contributed by atoms with van der Waals surface area (Å²) in [6, 6.07) is 25.1. The van der Waals surface area contributed by atoms with E-state index in [4.69, 9.17) is 47.4 Å². The van der Waals surface area contributed by atoms with E-state index in [2.05, 4.69) is 55.5 Å². The van der Waals surface area contributed by atoms with Gasteiger partial charge in [0.05, 0.1) is 106 Å². The second-order valence-corrected chi connectivity index (χ2v) is 15.0. The highest BCUT2D eigenvalue weighted by molar-refractivity contribution is 5.79. The van der Waals surface area contributed by atoms with Crippen molar-refractivity contribution < 1.29 is 52.2 Å². The molecule has 0 heterocycles. The first-order valence-corrected chi connectivity index (χ1v) is 22.6. The monoisotopic (exact) mass is 852 g/mol. The average Bonchev–Trinajstić information content (AvgIpc) is 3.61. The fraction of sp³-hybridized carbons (Fsp3) is 0.612. The molecule has 12 nitrogen and oxygen atoms in total. The number of carbonyl (C=O) groups excluding carboxylic acids is 1. The second kappa shape index (κ2) is 33.0. The maximum absolute atomic E-state index is 12.6. The lowest BCUT2D eigenvalue weighted by molar-refractivity contribution is -0.0238. The third kappa shape index (κ3) is 21.4. The van der Waals surface area contributed by atoms with Crippen molar-refractivity contribution in [3.63, 3.8) is 0 Å². The van der Waals surface area contributed by atoms with Crippen LogP contribution in [0.15, 0.2) is 72.8 Å². The quantitative estimate of drug-likeness (QED) is 0.0519. The Bertz CT molecular complexity index is 1500. The molecule has 0 spiro atoms. The number of aryl methyl sites for hydroxylation is 1. The Morgan fingerprint density at radius 3 is 1.38 bits per heavy atom. The molecule has 4 rings (SSSR count). The second-order valence-electron chi connectivity index (χ2n) is 15.0. The van der Waals surface area contributed by atoms with Crippen LogP contribution in [0.5, 0.6) is 5.75 Å². The maximum Gasteiger partial charge on any atom is 0.409 e. The fourth-order valence-electron chi connectivity index (χ4n) is 6.90. The molecule has 1 amide bonds. The van der Waals surface area contributed by atoms with Crippen LogP contribution in [0.25, 0.3) is 11.1 Å². The number of likely N-dealkylation sites (N-methyl/N-ethyl adjacent to an activating group) is 1. The largest absolute Gasteiger partial charge is 0.491 e. The minimum atomic E-state index is -0.362. The van der Waals surface area contributed by atoms with E-state index in [0.29, 0.717) is 125 Å². The number of fused-ring (bicyclic) bond motifs is 3. The SMILES string of the molecule is CCCCCCCCCc1ccc(OCCOCCOCCOCCOCCOCCOCCOCCOCCN(C)C(=O)OCC2c3ccccc3-c3ccccc32)cc1. The summed E-state index contributed by atoms with van der Waals surface area (Å²) in [5.74, 6) is 0.922. The van der Waals surface area contributed by atoms with E-state index < -0.39 is 0 Å². The summed E-state index contributed by atoms with van der Waals surface area (Å²) in [4.78, 5) is 14.2. The van der Waals surface area contributed by atoms with E-state index in [1.807, 2.05) is 24.3 Å². The molecule has 1 aliphatic rings. The molecule has 0 aliphatic heterocycles. The molecule has 61 heavy (non-hydrogen) atoms. The van der Waals surface area contributed by atoms with Gasteiger partial charge in [-0.05, 0) is 52.8 Å². The van der Waals surface area contributed by atoms with Crippen molar-refractivity contribution in [3.8, 4) is 16.9 Å². The zero-order valence-corrected chi connectivity index (χ0v) is 37.0. The van der Waals surface area contributed by atoms with E-state index >= 15 is 0 Å². The number of hydrogen-bond acceptors (Lipinski definition) is 11. The molecule has 0 aromatic heterocycles. The van der Waals surface area contributed by atoms with Gasteiger partial charge in [0.25, 0.3) is 0 Å². The van der Waals surface area contributed by atoms with Crippen molar-refractivity contribution >= 4 is 6.09 Å². The molecule has 0 unspecified atom stereocenters. The lowest BCUT2D eigenvalue weighted by Crippen LogP contribution is -2.32. The molecule has 3 aromatic rings. The van der Waals surface area contributed by atoms with Crippen LogP contribution in [-0.2, 0) is 49.1 Å². The molecule has 0 bridgehead atoms. The Kier molecular flexibility index (Phi) is 27.1. The molecule has 12 heteroatoms. The van der Waals surface area contributed by atoms with Crippen LogP contribution in [0.2, 0.25) is 0 Å². The van der Waals surface area contributed by atoms with Gasteiger partial charge in [0.15, 0.2) is 0 Å². The molecule has 0 fully saturated rings. The Morgan fingerprint density at radius 2 is 0.902 bits per heavy atom. The van der Waals surface area contributed by atoms with Crippen molar-refractivity contribution in [3.05, 3.63) is 89.5 Å². The number of amides is 1. The molecule has 0 N–H and O–H groups in total. The highest BCUT2D eigenvalue weighted by atomic mass is 16.6. The smallest absolute Gasteiger partial charge is 0.409 e. The number of benzene rings is 3. The van der Waals surface area contributed by atoms with Gasteiger partial charge >= 0.3 is 6.09 Å². The average molecular weight is 852 g/mol. The number of ether oxygens (including phenoxy) is 10. The lowest BCUT2D eigenvalue weighted by atomic mass is 9.98. The van der Waals surface area contributed by atoms with Gasteiger partial charge in [0, 0.05) is 19.5 Å². The standard InChI is InChI=1S/C49H73NO11/c1-3-4-5-6-7-8-9-14-42-19-21-43(22-20-42)60-40-39-59-38-37-58-36-35-57-34-33-56-32-31-55-30-29-54-28-27-53-26-25-52-24-23-50(2)49(51)61-41-48-46-17-12-10-15-44(46)45-16-11-13-18-47(45)48/h10-13,15-22,48H,3-9,14,23-41H2,1-2H3. The normalized spacial score (nSPS) is 12.1. The molecule has 0 saturated heterocycles. The first-order valence-electron chi connectivity index (χ1n) is 22.6. The number of unbranched alkanes of at least 4 members (excludes halogenated alkanes) is 6. The zero-order chi connectivity index (χ0) is 42.8. The topological polar surface area (TPSA) is 113 Å². The van der Waals surface area contributed by atoms with Gasteiger partial charge in [-0.25, -0.2) is 4.79 Å². The number of rotatable bonds is 38. The van der Waals surface area contributed by atoms with E-state index in [0.717, 1.165) is 12.2 Å². The summed E-state index contributed by atoms with van der Waals surface area (Å²) in [7, 11) is 1.72. The Labute approximate surface area is 365 Å². The highest BCUT2D eigenvalue weighted by Gasteiger charge is 2.29. The number of nitrogens with zero attached hydrogens (tertiary/aromatic N) is 1. The van der Waals surface area contributed by atoms with Gasteiger partial charge in [-0.15, -0.1) is 0 Å². The van der Waals surface area contributed by atoms with Gasteiger partial charge in [-0.2, -0.15) is 0 Å². The summed E-state index contributed by atoms with van der Waals surface area (Å²) >= 11 is 0. The van der Waals surface area contributed by atoms with Crippen LogP contribution < -0.4 is 4.74 Å². The van der Waals surface area contributed by atoms with Crippen molar-refractivity contribution in [2.75, 3.05) is 133 Å². The minimum Gasteiger partial charge on any atom is -0.491 e. The number of hydrogen-bond donors (Lipinski definition) is 0. The van der Waals surface area contributed by atoms with Crippen molar-refractivity contribution in [2.24, 2.45) is 0 Å². The number of carbonyl (C=O) groups is 1. The predicted molar refractivity (Wildman–Crippen MR) is 238 cm³/mol. The third-order valence-corrected chi connectivity index (χ3v) is 10.3. The van der Waals surface area contributed by atoms with Gasteiger partial charge in [-0.3, -0.25) is 0 Å². The van der Waals surface area contributed by atoms with Crippen LogP contribution >= 0.6 is 0 Å². The molecule has 0 saturated carbocycles. The third-order valence-electron chi connectivity index (χ3n) is 10.3. The van der Waals surface area contributed by atoms with E-state index in [-0.39, 0.29) is 12.0 Å². The fourth-order valence-corrected chi connectivity index (χ4v) is 6.90. The van der Waals surface area contributed by atoms with Gasteiger partial charge in [-0.1, -0.05) is 106 Å². The molecule has 3 aromatic carbocycles. The Balaban J connectivity index is 0.808. The Morgan fingerprint density at radius 1 is 0.492 bits per heavy atom. The summed E-state index contributed by atoms with van der Waals surface area (Å²) in [6.45, 7) is 11.3.